The smallest absolute Gasteiger partial charge is 0.287 e. The summed E-state index contributed by atoms with van der Waals surface area (Å²) in [5.74, 6) is 1.94. The maximum Gasteiger partial charge on any atom is 0.287 e. The topological polar surface area (TPSA) is 62.5 Å². The highest BCUT2D eigenvalue weighted by Crippen LogP contribution is 2.24. The number of aliphatic hydroxyl groups excluding tert-OH is 1. The van der Waals surface area contributed by atoms with Crippen LogP contribution in [-0.2, 0) is 5.75 Å². The first-order valence-corrected chi connectivity index (χ1v) is 7.64. The van der Waals surface area contributed by atoms with Gasteiger partial charge in [0.1, 0.15) is 5.76 Å². The minimum absolute atomic E-state index is 0.189. The lowest BCUT2D eigenvalue weighted by Crippen LogP contribution is -2.32. The van der Waals surface area contributed by atoms with Gasteiger partial charge < -0.3 is 14.8 Å². The molecule has 1 amide bonds. The van der Waals surface area contributed by atoms with Crippen molar-refractivity contribution in [2.75, 3.05) is 12.8 Å². The van der Waals surface area contributed by atoms with E-state index in [0.29, 0.717) is 12.3 Å². The summed E-state index contributed by atoms with van der Waals surface area (Å²) in [5.41, 5.74) is 0. The lowest BCUT2D eigenvalue weighted by Gasteiger charge is -2.14. The average molecular weight is 269 g/mol. The first kappa shape index (κ1) is 13.5. The Bertz CT molecular complexity index is 405. The SMILES string of the molecule is CSCc1ccc(C(=O)NCC2CCCC2O)o1. The molecule has 1 fully saturated rings. The van der Waals surface area contributed by atoms with Crippen LogP contribution < -0.4 is 5.32 Å². The Morgan fingerprint density at radius 3 is 3.06 bits per heavy atom. The second kappa shape index (κ2) is 6.29. The fourth-order valence-corrected chi connectivity index (χ4v) is 2.73. The van der Waals surface area contributed by atoms with E-state index in [1.54, 1.807) is 17.8 Å². The summed E-state index contributed by atoms with van der Waals surface area (Å²) < 4.78 is 5.43. The molecular formula is C13H19NO3S. The van der Waals surface area contributed by atoms with Crippen molar-refractivity contribution in [1.82, 2.24) is 5.32 Å². The Hall–Kier alpha value is -0.940. The monoisotopic (exact) mass is 269 g/mol. The van der Waals surface area contributed by atoms with Gasteiger partial charge in [-0.3, -0.25) is 4.79 Å². The third kappa shape index (κ3) is 3.29. The van der Waals surface area contributed by atoms with Crippen molar-refractivity contribution < 1.29 is 14.3 Å². The molecule has 0 aromatic carbocycles. The van der Waals surface area contributed by atoms with Gasteiger partial charge in [-0.15, -0.1) is 0 Å². The van der Waals surface area contributed by atoms with E-state index in [4.69, 9.17) is 4.42 Å². The van der Waals surface area contributed by atoms with E-state index >= 15 is 0 Å². The van der Waals surface area contributed by atoms with Crippen LogP contribution in [0.1, 0.15) is 35.6 Å². The zero-order valence-corrected chi connectivity index (χ0v) is 11.3. The molecule has 4 nitrogen and oxygen atoms in total. The standard InChI is InChI=1S/C13H19NO3S/c1-18-8-10-5-6-12(17-10)13(16)14-7-9-3-2-4-11(9)15/h5-6,9,11,15H,2-4,7-8H2,1H3,(H,14,16). The van der Waals surface area contributed by atoms with Gasteiger partial charge in [0.05, 0.1) is 11.9 Å². The maximum absolute atomic E-state index is 11.8. The lowest BCUT2D eigenvalue weighted by molar-refractivity contribution is 0.0889. The summed E-state index contributed by atoms with van der Waals surface area (Å²) >= 11 is 1.66. The minimum atomic E-state index is -0.269. The van der Waals surface area contributed by atoms with E-state index in [9.17, 15) is 9.90 Å². The molecule has 0 saturated heterocycles. The Morgan fingerprint density at radius 1 is 1.56 bits per heavy atom. The lowest BCUT2D eigenvalue weighted by atomic mass is 10.1. The number of aliphatic hydroxyl groups is 1. The van der Waals surface area contributed by atoms with Crippen molar-refractivity contribution >= 4 is 17.7 Å². The summed E-state index contributed by atoms with van der Waals surface area (Å²) in [6.45, 7) is 0.526. The third-order valence-electron chi connectivity index (χ3n) is 3.32. The largest absolute Gasteiger partial charge is 0.455 e. The van der Waals surface area contributed by atoms with E-state index in [2.05, 4.69) is 5.32 Å². The second-order valence-corrected chi connectivity index (χ2v) is 5.53. The molecule has 1 aromatic heterocycles. The van der Waals surface area contributed by atoms with Gasteiger partial charge in [0, 0.05) is 12.5 Å². The van der Waals surface area contributed by atoms with Gasteiger partial charge in [0.25, 0.3) is 5.91 Å². The van der Waals surface area contributed by atoms with Gasteiger partial charge >= 0.3 is 0 Å². The van der Waals surface area contributed by atoms with Crippen LogP contribution in [-0.4, -0.2) is 29.9 Å². The molecule has 0 spiro atoms. The summed E-state index contributed by atoms with van der Waals surface area (Å²) in [6.07, 6.45) is 4.59. The fraction of sp³-hybridized carbons (Fsp3) is 0.615. The predicted octanol–water partition coefficient (Wildman–Crippen LogP) is 2.03. The van der Waals surface area contributed by atoms with Gasteiger partial charge in [0.2, 0.25) is 0 Å². The van der Waals surface area contributed by atoms with Crippen molar-refractivity contribution in [3.8, 4) is 0 Å². The Morgan fingerprint density at radius 2 is 2.39 bits per heavy atom. The van der Waals surface area contributed by atoms with Crippen LogP contribution in [0.15, 0.2) is 16.5 Å². The summed E-state index contributed by atoms with van der Waals surface area (Å²) in [7, 11) is 0. The van der Waals surface area contributed by atoms with Gasteiger partial charge in [0.15, 0.2) is 5.76 Å². The third-order valence-corrected chi connectivity index (χ3v) is 3.89. The molecule has 0 bridgehead atoms. The molecule has 1 aliphatic rings. The molecule has 1 aliphatic carbocycles. The first-order valence-electron chi connectivity index (χ1n) is 6.24. The molecule has 2 unspecified atom stereocenters. The van der Waals surface area contributed by atoms with Crippen molar-refractivity contribution in [2.24, 2.45) is 5.92 Å². The molecule has 5 heteroatoms. The first-order chi connectivity index (χ1) is 8.70. The number of thioether (sulfide) groups is 1. The Labute approximate surface area is 111 Å². The number of carbonyl (C=O) groups excluding carboxylic acids is 1. The van der Waals surface area contributed by atoms with Crippen LogP contribution in [0.3, 0.4) is 0 Å². The summed E-state index contributed by atoms with van der Waals surface area (Å²) in [4.78, 5) is 11.8. The quantitative estimate of drug-likeness (QED) is 0.858. The number of amides is 1. The highest BCUT2D eigenvalue weighted by molar-refractivity contribution is 7.97. The summed E-state index contributed by atoms with van der Waals surface area (Å²) in [6, 6.07) is 3.53. The number of carbonyl (C=O) groups is 1. The number of hydrogen-bond acceptors (Lipinski definition) is 4. The molecule has 1 saturated carbocycles. The van der Waals surface area contributed by atoms with Crippen LogP contribution in [0.2, 0.25) is 0 Å². The van der Waals surface area contributed by atoms with E-state index < -0.39 is 0 Å². The van der Waals surface area contributed by atoms with Crippen molar-refractivity contribution in [2.45, 2.75) is 31.1 Å². The number of rotatable bonds is 5. The highest BCUT2D eigenvalue weighted by atomic mass is 32.2. The average Bonchev–Trinajstić information content (AvgIpc) is 2.96. The Balaban J connectivity index is 1.83. The van der Waals surface area contributed by atoms with Crippen molar-refractivity contribution in [3.63, 3.8) is 0 Å². The minimum Gasteiger partial charge on any atom is -0.455 e. The number of hydrogen-bond donors (Lipinski definition) is 2. The Kier molecular flexibility index (Phi) is 4.72. The molecule has 18 heavy (non-hydrogen) atoms. The molecule has 2 atom stereocenters. The van der Waals surface area contributed by atoms with Gasteiger partial charge in [-0.1, -0.05) is 6.42 Å². The van der Waals surface area contributed by atoms with Gasteiger partial charge in [-0.05, 0) is 31.2 Å². The van der Waals surface area contributed by atoms with Crippen LogP contribution in [0, 0.1) is 5.92 Å². The number of furan rings is 1. The molecule has 2 rings (SSSR count). The molecule has 1 aromatic rings. The predicted molar refractivity (Wildman–Crippen MR) is 71.6 cm³/mol. The molecule has 0 radical (unpaired) electrons. The van der Waals surface area contributed by atoms with Crippen LogP contribution in [0.5, 0.6) is 0 Å². The normalized spacial score (nSPS) is 23.2. The van der Waals surface area contributed by atoms with E-state index in [1.165, 1.54) is 0 Å². The molecule has 0 aliphatic heterocycles. The van der Waals surface area contributed by atoms with Crippen molar-refractivity contribution in [1.29, 1.82) is 0 Å². The second-order valence-electron chi connectivity index (χ2n) is 4.67. The van der Waals surface area contributed by atoms with Crippen LogP contribution in [0.4, 0.5) is 0 Å². The molecule has 100 valence electrons. The van der Waals surface area contributed by atoms with Gasteiger partial charge in [-0.25, -0.2) is 0 Å². The van der Waals surface area contributed by atoms with Gasteiger partial charge in [-0.2, -0.15) is 11.8 Å². The zero-order chi connectivity index (χ0) is 13.0. The van der Waals surface area contributed by atoms with Crippen molar-refractivity contribution in [3.05, 3.63) is 23.7 Å². The van der Waals surface area contributed by atoms with Crippen LogP contribution in [0.25, 0.3) is 0 Å². The van der Waals surface area contributed by atoms with E-state index in [0.717, 1.165) is 30.8 Å². The highest BCUT2D eigenvalue weighted by Gasteiger charge is 2.25. The summed E-state index contributed by atoms with van der Waals surface area (Å²) in [5, 5.41) is 12.5. The zero-order valence-electron chi connectivity index (χ0n) is 10.5. The molecule has 1 heterocycles. The molecule has 2 N–H and O–H groups in total. The fourth-order valence-electron chi connectivity index (χ4n) is 2.29. The molecular weight excluding hydrogens is 250 g/mol. The van der Waals surface area contributed by atoms with E-state index in [1.807, 2.05) is 12.3 Å². The number of nitrogens with one attached hydrogen (secondary N) is 1. The maximum atomic E-state index is 11.8. The van der Waals surface area contributed by atoms with E-state index in [-0.39, 0.29) is 17.9 Å². The van der Waals surface area contributed by atoms with Crippen LogP contribution >= 0.6 is 11.8 Å².